The summed E-state index contributed by atoms with van der Waals surface area (Å²) in [6.45, 7) is 4.69. The third kappa shape index (κ3) is 75.7. The van der Waals surface area contributed by atoms with E-state index in [4.69, 9.17) is 37.0 Å². The molecule has 0 aliphatic heterocycles. The lowest BCUT2D eigenvalue weighted by atomic mass is 10.1. The van der Waals surface area contributed by atoms with Crippen molar-refractivity contribution < 1.29 is 80.2 Å². The summed E-state index contributed by atoms with van der Waals surface area (Å²) in [7, 11) is -9.99. The molecule has 0 rings (SSSR count). The van der Waals surface area contributed by atoms with Gasteiger partial charge in [0.25, 0.3) is 0 Å². The first-order chi connectivity index (χ1) is 50.7. The van der Waals surface area contributed by atoms with Crippen molar-refractivity contribution in [3.8, 4) is 0 Å². The molecule has 17 nitrogen and oxygen atoms in total. The smallest absolute Gasteiger partial charge is 0.462 e. The van der Waals surface area contributed by atoms with Crippen molar-refractivity contribution >= 4 is 39.5 Å². The van der Waals surface area contributed by atoms with Gasteiger partial charge in [0.05, 0.1) is 26.4 Å². The van der Waals surface area contributed by atoms with Crippen LogP contribution in [0, 0.1) is 0 Å². The number of carbonyl (C=O) groups is 4. The molecular weight excluding hydrogens is 1350 g/mol. The Morgan fingerprint density at radius 2 is 0.490 bits per heavy atom. The first kappa shape index (κ1) is 99.5. The fraction of sp³-hybridized carbons (Fsp3) is 0.718. The lowest BCUT2D eigenvalue weighted by molar-refractivity contribution is -0.161. The first-order valence-corrected chi connectivity index (χ1v) is 43.8. The van der Waals surface area contributed by atoms with E-state index in [1.807, 2.05) is 18.2 Å². The van der Waals surface area contributed by atoms with Crippen LogP contribution in [0.2, 0.25) is 0 Å². The highest BCUT2D eigenvalue weighted by Crippen LogP contribution is 2.45. The zero-order valence-corrected chi connectivity index (χ0v) is 67.2. The van der Waals surface area contributed by atoms with E-state index in [0.29, 0.717) is 32.1 Å². The fourth-order valence-corrected chi connectivity index (χ4v) is 12.2. The van der Waals surface area contributed by atoms with Gasteiger partial charge < -0.3 is 33.8 Å². The summed E-state index contributed by atoms with van der Waals surface area (Å²) < 4.78 is 68.5. The van der Waals surface area contributed by atoms with Gasteiger partial charge in [-0.05, 0) is 154 Å². The van der Waals surface area contributed by atoms with Gasteiger partial charge in [-0.3, -0.25) is 37.3 Å². The molecule has 0 aromatic rings. The zero-order chi connectivity index (χ0) is 76.0. The minimum absolute atomic E-state index is 0.0338. The molecule has 3 N–H and O–H groups in total. The van der Waals surface area contributed by atoms with Gasteiger partial charge in [0.2, 0.25) is 0 Å². The lowest BCUT2D eigenvalue weighted by Gasteiger charge is -2.21. The van der Waals surface area contributed by atoms with Gasteiger partial charge in [-0.2, -0.15) is 0 Å². The van der Waals surface area contributed by atoms with Crippen LogP contribution < -0.4 is 0 Å². The van der Waals surface area contributed by atoms with E-state index in [1.165, 1.54) is 96.3 Å². The van der Waals surface area contributed by atoms with Crippen molar-refractivity contribution in [1.29, 1.82) is 0 Å². The van der Waals surface area contributed by atoms with Gasteiger partial charge in [-0.25, -0.2) is 9.13 Å². The summed E-state index contributed by atoms with van der Waals surface area (Å²) in [6.07, 6.45) is 84.7. The molecule has 0 spiro atoms. The van der Waals surface area contributed by atoms with Crippen LogP contribution in [0.25, 0.3) is 0 Å². The molecule has 0 aromatic carbocycles. The lowest BCUT2D eigenvalue weighted by Crippen LogP contribution is -2.30. The Morgan fingerprint density at radius 1 is 0.269 bits per heavy atom. The van der Waals surface area contributed by atoms with Crippen LogP contribution >= 0.6 is 15.6 Å². The van der Waals surface area contributed by atoms with Crippen LogP contribution in [0.1, 0.15) is 336 Å². The number of hydrogen-bond acceptors (Lipinski definition) is 15. The Balaban J connectivity index is 5.46. The average Bonchev–Trinajstić information content (AvgIpc) is 0.943. The van der Waals surface area contributed by atoms with Gasteiger partial charge >= 0.3 is 39.5 Å². The van der Waals surface area contributed by atoms with Crippen LogP contribution in [-0.2, 0) is 65.4 Å². The summed E-state index contributed by atoms with van der Waals surface area (Å²) in [6, 6.07) is 0. The minimum Gasteiger partial charge on any atom is -0.462 e. The molecule has 0 bridgehead atoms. The average molecular weight is 1500 g/mol. The van der Waals surface area contributed by atoms with Crippen molar-refractivity contribution in [2.24, 2.45) is 0 Å². The number of phosphoric acid groups is 2. The van der Waals surface area contributed by atoms with Gasteiger partial charge in [0.1, 0.15) is 19.3 Å². The SMILES string of the molecule is CCCCC/C=C\C/C=C\C/C=C\C/C=C\C/C=C\CCC(=O)O[C@H](COC(=O)CCCCCCC/C=C\C/C=C\CCCCC)COP(=O)(O)OC[C@@H](O)COP(=O)(O)OC[C@@H](COC(=O)CCCCCCC/C=C\CCCCCCCC)OC(=O)CCCCCCC/C=C\C/C=C\CCCCC. The van der Waals surface area contributed by atoms with Gasteiger partial charge in [0.15, 0.2) is 12.2 Å². The maximum Gasteiger partial charge on any atom is 0.472 e. The molecule has 0 aliphatic rings. The molecule has 0 aromatic heterocycles. The molecule has 0 saturated heterocycles. The zero-order valence-electron chi connectivity index (χ0n) is 65.4. The molecule has 0 amide bonds. The van der Waals surface area contributed by atoms with E-state index in [1.54, 1.807) is 0 Å². The number of aliphatic hydroxyl groups is 1. The largest absolute Gasteiger partial charge is 0.472 e. The maximum absolute atomic E-state index is 13.1. The van der Waals surface area contributed by atoms with Crippen LogP contribution in [0.4, 0.5) is 0 Å². The van der Waals surface area contributed by atoms with Gasteiger partial charge in [0, 0.05) is 25.7 Å². The summed E-state index contributed by atoms with van der Waals surface area (Å²) in [4.78, 5) is 73.0. The summed E-state index contributed by atoms with van der Waals surface area (Å²) in [5.74, 6) is -2.30. The number of ether oxygens (including phenoxy) is 4. The molecule has 5 atom stereocenters. The van der Waals surface area contributed by atoms with E-state index in [-0.39, 0.29) is 25.7 Å². The molecule has 598 valence electrons. The Kier molecular flexibility index (Phi) is 73.3. The predicted octanol–water partition coefficient (Wildman–Crippen LogP) is 23.9. The molecule has 0 radical (unpaired) electrons. The van der Waals surface area contributed by atoms with E-state index < -0.39 is 97.5 Å². The normalized spacial score (nSPS) is 14.5. The van der Waals surface area contributed by atoms with Crippen LogP contribution in [0.3, 0.4) is 0 Å². The second-order valence-corrected chi connectivity index (χ2v) is 29.9. The molecular formula is C85H146O17P2. The number of allylic oxidation sites excluding steroid dienone is 20. The highest BCUT2D eigenvalue weighted by molar-refractivity contribution is 7.47. The van der Waals surface area contributed by atoms with Gasteiger partial charge in [-0.1, -0.05) is 278 Å². The Labute approximate surface area is 632 Å². The summed E-state index contributed by atoms with van der Waals surface area (Å²) in [5.41, 5.74) is 0. The van der Waals surface area contributed by atoms with Crippen molar-refractivity contribution in [3.63, 3.8) is 0 Å². The fourth-order valence-electron chi connectivity index (χ4n) is 10.6. The van der Waals surface area contributed by atoms with Crippen molar-refractivity contribution in [2.75, 3.05) is 39.6 Å². The molecule has 0 aliphatic carbocycles. The third-order valence-corrected chi connectivity index (χ3v) is 18.8. The molecule has 0 saturated carbocycles. The number of unbranched alkanes of at least 4 members (excludes halogenated alkanes) is 30. The van der Waals surface area contributed by atoms with Crippen LogP contribution in [0.15, 0.2) is 122 Å². The van der Waals surface area contributed by atoms with Crippen molar-refractivity contribution in [1.82, 2.24) is 0 Å². The topological polar surface area (TPSA) is 237 Å². The second-order valence-electron chi connectivity index (χ2n) is 27.0. The number of phosphoric ester groups is 2. The van der Waals surface area contributed by atoms with E-state index >= 15 is 0 Å². The third-order valence-electron chi connectivity index (χ3n) is 16.9. The van der Waals surface area contributed by atoms with E-state index in [0.717, 1.165) is 154 Å². The Hall–Kier alpha value is -4.54. The summed E-state index contributed by atoms with van der Waals surface area (Å²) in [5, 5.41) is 10.6. The minimum atomic E-state index is -5.00. The Morgan fingerprint density at radius 3 is 0.808 bits per heavy atom. The van der Waals surface area contributed by atoms with E-state index in [9.17, 15) is 43.2 Å². The molecule has 104 heavy (non-hydrogen) atoms. The first-order valence-electron chi connectivity index (χ1n) is 40.8. The van der Waals surface area contributed by atoms with E-state index in [2.05, 4.69) is 131 Å². The number of hydrogen-bond donors (Lipinski definition) is 3. The number of rotatable bonds is 76. The maximum atomic E-state index is 13.1. The predicted molar refractivity (Wildman–Crippen MR) is 427 cm³/mol. The second kappa shape index (κ2) is 76.6. The molecule has 19 heteroatoms. The van der Waals surface area contributed by atoms with Gasteiger partial charge in [-0.15, -0.1) is 0 Å². The highest BCUT2D eigenvalue weighted by Gasteiger charge is 2.30. The van der Waals surface area contributed by atoms with Crippen LogP contribution in [-0.4, -0.2) is 96.7 Å². The number of carbonyl (C=O) groups excluding carboxylic acids is 4. The van der Waals surface area contributed by atoms with Crippen LogP contribution in [0.5, 0.6) is 0 Å². The molecule has 0 heterocycles. The standard InChI is InChI=1S/C85H146O17P2/c1-5-9-13-17-21-25-29-33-37-38-39-40-44-48-52-56-60-64-68-72-85(90)102-81(76-96-83(88)70-66-62-58-54-50-46-42-35-31-27-23-19-15-11-7-3)78-100-104(93,94)98-74-79(86)73-97-103(91,92)99-77-80(101-84(89)71-67-63-59-55-51-47-43-36-32-28-24-20-16-12-8-4)75-95-82(87)69-65-61-57-53-49-45-41-34-30-26-22-18-14-10-6-2/h21,23-25,27-28,33-37,39-43,48,52,60,64,79-81,86H,5-20,22,26,29-32,38,44-47,49-51,53-59,61-63,65-78H2,1-4H3,(H,91,92)(H,93,94)/b25-21-,27-23-,28-24-,37-33-,40-39-,41-34-,42-35-,43-36-,52-48-,64-60-/t79-,80+,81+/m0/s1. The number of aliphatic hydroxyl groups excluding tert-OH is 1. The van der Waals surface area contributed by atoms with Crippen molar-refractivity contribution in [3.05, 3.63) is 122 Å². The quantitative estimate of drug-likeness (QED) is 0.0169. The highest BCUT2D eigenvalue weighted by atomic mass is 31.2. The monoisotopic (exact) mass is 1500 g/mol. The number of esters is 4. The van der Waals surface area contributed by atoms with Crippen molar-refractivity contribution in [2.45, 2.75) is 354 Å². The summed E-state index contributed by atoms with van der Waals surface area (Å²) >= 11 is 0. The molecule has 0 fully saturated rings. The Bertz CT molecular complexity index is 2440. The molecule has 2 unspecified atom stereocenters.